The average molecular weight is 301 g/mol. The Morgan fingerprint density at radius 1 is 1.43 bits per heavy atom. The molecule has 2 N–H and O–H groups in total. The number of aromatic nitrogens is 2. The van der Waals surface area contributed by atoms with Gasteiger partial charge in [-0.3, -0.25) is 0 Å². The molecule has 1 aromatic rings. The van der Waals surface area contributed by atoms with E-state index in [-0.39, 0.29) is 12.5 Å². The second-order valence-electron chi connectivity index (χ2n) is 5.55. The zero-order valence-electron chi connectivity index (χ0n) is 12.9. The summed E-state index contributed by atoms with van der Waals surface area (Å²) in [7, 11) is 1.52. The molecule has 0 aromatic carbocycles. The Balaban J connectivity index is 2.24. The van der Waals surface area contributed by atoms with Crippen LogP contribution >= 0.6 is 0 Å². The summed E-state index contributed by atoms with van der Waals surface area (Å²) in [5, 5.41) is 20.0. The summed E-state index contributed by atoms with van der Waals surface area (Å²) in [4.78, 5) is 11.4. The minimum atomic E-state index is -0.858. The van der Waals surface area contributed by atoms with Gasteiger partial charge in [0.1, 0.15) is 18.3 Å². The van der Waals surface area contributed by atoms with Gasteiger partial charge >= 0.3 is 6.09 Å². The Kier molecular flexibility index (Phi) is 6.57. The Morgan fingerprint density at radius 3 is 2.76 bits per heavy atom. The minimum absolute atomic E-state index is 0.152. The molecule has 1 unspecified atom stereocenters. The Hall–Kier alpha value is -1.67. The first kappa shape index (κ1) is 17.4. The first-order chi connectivity index (χ1) is 9.81. The molecule has 8 nitrogen and oxygen atoms in total. The predicted molar refractivity (Wildman–Crippen MR) is 73.4 cm³/mol. The molecule has 21 heavy (non-hydrogen) atoms. The number of hydrogen-bond donors (Lipinski definition) is 2. The van der Waals surface area contributed by atoms with Gasteiger partial charge in [-0.1, -0.05) is 0 Å². The third-order valence-electron chi connectivity index (χ3n) is 2.36. The molecular formula is C13H23N3O5. The minimum Gasteiger partial charge on any atom is -0.444 e. The molecule has 0 aliphatic heterocycles. The molecule has 1 amide bonds. The number of rotatable bonds is 7. The van der Waals surface area contributed by atoms with Gasteiger partial charge in [0.25, 0.3) is 0 Å². The number of alkyl carbamates (subject to hydrolysis) is 1. The SMILES string of the molecule is COCc1nnc(C(O)CCCNC(=O)OC(C)(C)C)o1. The summed E-state index contributed by atoms with van der Waals surface area (Å²) in [5.74, 6) is 0.470. The molecule has 120 valence electrons. The molecule has 0 aliphatic rings. The van der Waals surface area contributed by atoms with E-state index in [2.05, 4.69) is 15.5 Å². The predicted octanol–water partition coefficient (Wildman–Crippen LogP) is 1.55. The van der Waals surface area contributed by atoms with Crippen LogP contribution in [0, 0.1) is 0 Å². The van der Waals surface area contributed by atoms with Crippen molar-refractivity contribution in [2.24, 2.45) is 0 Å². The first-order valence-electron chi connectivity index (χ1n) is 6.78. The van der Waals surface area contributed by atoms with Crippen molar-refractivity contribution in [2.75, 3.05) is 13.7 Å². The summed E-state index contributed by atoms with van der Waals surface area (Å²) in [6, 6.07) is 0. The highest BCUT2D eigenvalue weighted by Crippen LogP contribution is 2.16. The highest BCUT2D eigenvalue weighted by Gasteiger charge is 2.17. The van der Waals surface area contributed by atoms with Crippen LogP contribution in [0.15, 0.2) is 4.42 Å². The third-order valence-corrected chi connectivity index (χ3v) is 2.36. The van der Waals surface area contributed by atoms with Gasteiger partial charge in [-0.15, -0.1) is 10.2 Å². The summed E-state index contributed by atoms with van der Waals surface area (Å²) in [5.41, 5.74) is -0.523. The molecule has 0 radical (unpaired) electrons. The second-order valence-corrected chi connectivity index (χ2v) is 5.55. The van der Waals surface area contributed by atoms with E-state index < -0.39 is 17.8 Å². The van der Waals surface area contributed by atoms with Crippen LogP contribution in [-0.4, -0.2) is 40.7 Å². The molecule has 0 saturated carbocycles. The van der Waals surface area contributed by atoms with Gasteiger partial charge in [-0.2, -0.15) is 0 Å². The Bertz CT molecular complexity index is 441. The van der Waals surface area contributed by atoms with Crippen LogP contribution in [0.1, 0.15) is 51.5 Å². The molecule has 8 heteroatoms. The van der Waals surface area contributed by atoms with Crippen LogP contribution < -0.4 is 5.32 Å². The number of amides is 1. The smallest absolute Gasteiger partial charge is 0.407 e. The van der Waals surface area contributed by atoms with Crippen LogP contribution in [0.25, 0.3) is 0 Å². The van der Waals surface area contributed by atoms with Crippen LogP contribution in [0.5, 0.6) is 0 Å². The van der Waals surface area contributed by atoms with Crippen molar-refractivity contribution in [2.45, 2.75) is 51.9 Å². The van der Waals surface area contributed by atoms with Crippen LogP contribution in [0.2, 0.25) is 0 Å². The highest BCUT2D eigenvalue weighted by molar-refractivity contribution is 5.67. The molecule has 1 aromatic heterocycles. The lowest BCUT2D eigenvalue weighted by Gasteiger charge is -2.19. The van der Waals surface area contributed by atoms with Crippen molar-refractivity contribution in [3.8, 4) is 0 Å². The largest absolute Gasteiger partial charge is 0.444 e. The number of hydrogen-bond acceptors (Lipinski definition) is 7. The lowest BCUT2D eigenvalue weighted by atomic mass is 10.2. The van der Waals surface area contributed by atoms with E-state index in [0.717, 1.165) is 0 Å². The van der Waals surface area contributed by atoms with Crippen LogP contribution in [-0.2, 0) is 16.1 Å². The van der Waals surface area contributed by atoms with Gasteiger partial charge in [-0.05, 0) is 33.6 Å². The fourth-order valence-electron chi connectivity index (χ4n) is 1.51. The van der Waals surface area contributed by atoms with E-state index in [9.17, 15) is 9.90 Å². The summed E-state index contributed by atoms with van der Waals surface area (Å²) in [6.45, 7) is 5.99. The monoisotopic (exact) mass is 301 g/mol. The molecule has 0 saturated heterocycles. The standard InChI is InChI=1S/C13H23N3O5/c1-13(2,3)21-12(18)14-7-5-6-9(17)11-16-15-10(20-11)8-19-4/h9,17H,5-8H2,1-4H3,(H,14,18). The van der Waals surface area contributed by atoms with Gasteiger partial charge in [0.2, 0.25) is 11.8 Å². The van der Waals surface area contributed by atoms with Gasteiger partial charge < -0.3 is 24.3 Å². The molecule has 1 rings (SSSR count). The van der Waals surface area contributed by atoms with Gasteiger partial charge in [-0.25, -0.2) is 4.79 Å². The van der Waals surface area contributed by atoms with E-state index in [1.54, 1.807) is 20.8 Å². The van der Waals surface area contributed by atoms with E-state index in [1.165, 1.54) is 7.11 Å². The molecule has 1 atom stereocenters. The Labute approximate surface area is 123 Å². The highest BCUT2D eigenvalue weighted by atomic mass is 16.6. The second kappa shape index (κ2) is 7.94. The lowest BCUT2D eigenvalue weighted by molar-refractivity contribution is 0.0522. The first-order valence-corrected chi connectivity index (χ1v) is 6.78. The van der Waals surface area contributed by atoms with Crippen molar-refractivity contribution >= 4 is 6.09 Å². The fraction of sp³-hybridized carbons (Fsp3) is 0.769. The van der Waals surface area contributed by atoms with E-state index in [1.807, 2.05) is 0 Å². The van der Waals surface area contributed by atoms with E-state index in [4.69, 9.17) is 13.9 Å². The number of carbonyl (C=O) groups excluding carboxylic acids is 1. The molecule has 0 fully saturated rings. The number of ether oxygens (including phenoxy) is 2. The molecule has 0 bridgehead atoms. The van der Waals surface area contributed by atoms with E-state index in [0.29, 0.717) is 25.3 Å². The number of nitrogens with zero attached hydrogens (tertiary/aromatic N) is 2. The molecule has 0 aliphatic carbocycles. The Morgan fingerprint density at radius 2 is 2.14 bits per heavy atom. The van der Waals surface area contributed by atoms with E-state index >= 15 is 0 Å². The van der Waals surface area contributed by atoms with Crippen molar-refractivity contribution in [3.63, 3.8) is 0 Å². The summed E-state index contributed by atoms with van der Waals surface area (Å²) in [6.07, 6.45) is -0.381. The third kappa shape index (κ3) is 7.05. The van der Waals surface area contributed by atoms with Crippen molar-refractivity contribution in [1.82, 2.24) is 15.5 Å². The maximum atomic E-state index is 11.4. The van der Waals surface area contributed by atoms with Crippen molar-refractivity contribution in [3.05, 3.63) is 11.8 Å². The summed E-state index contributed by atoms with van der Waals surface area (Å²) >= 11 is 0. The van der Waals surface area contributed by atoms with Crippen molar-refractivity contribution in [1.29, 1.82) is 0 Å². The maximum absolute atomic E-state index is 11.4. The number of aliphatic hydroxyl groups excluding tert-OH is 1. The quantitative estimate of drug-likeness (QED) is 0.736. The average Bonchev–Trinajstić information content (AvgIpc) is 2.81. The van der Waals surface area contributed by atoms with Gasteiger partial charge in [0.15, 0.2) is 0 Å². The van der Waals surface area contributed by atoms with Crippen LogP contribution in [0.4, 0.5) is 4.79 Å². The maximum Gasteiger partial charge on any atom is 0.407 e. The zero-order chi connectivity index (χ0) is 15.9. The topological polar surface area (TPSA) is 107 Å². The normalized spacial score (nSPS) is 13.0. The lowest BCUT2D eigenvalue weighted by Crippen LogP contribution is -2.33. The number of nitrogens with one attached hydrogen (secondary N) is 1. The van der Waals surface area contributed by atoms with Gasteiger partial charge in [0, 0.05) is 13.7 Å². The van der Waals surface area contributed by atoms with Crippen LogP contribution in [0.3, 0.4) is 0 Å². The summed E-state index contributed by atoms with van der Waals surface area (Å²) < 4.78 is 15.2. The fourth-order valence-corrected chi connectivity index (χ4v) is 1.51. The number of carbonyl (C=O) groups is 1. The van der Waals surface area contributed by atoms with Gasteiger partial charge in [0.05, 0.1) is 0 Å². The number of methoxy groups -OCH3 is 1. The molecule has 1 heterocycles. The zero-order valence-corrected chi connectivity index (χ0v) is 12.9. The molecule has 0 spiro atoms. The molecular weight excluding hydrogens is 278 g/mol. The van der Waals surface area contributed by atoms with Crippen molar-refractivity contribution < 1.29 is 23.8 Å². The number of aliphatic hydroxyl groups is 1.